The molecule has 0 aromatic carbocycles. The minimum Gasteiger partial charge on any atom is -0.207 e. The van der Waals surface area contributed by atoms with Crippen LogP contribution in [-0.2, 0) is 0 Å². The van der Waals surface area contributed by atoms with E-state index in [1.807, 2.05) is 0 Å². The Morgan fingerprint density at radius 2 is 1.90 bits per heavy atom. The van der Waals surface area contributed by atoms with Gasteiger partial charge in [-0.2, -0.15) is 0 Å². The van der Waals surface area contributed by atoms with E-state index >= 15 is 0 Å². The molecule has 0 radical (unpaired) electrons. The molecule has 0 spiro atoms. The van der Waals surface area contributed by atoms with Gasteiger partial charge in [-0.25, -0.2) is 13.2 Å². The van der Waals surface area contributed by atoms with Crippen LogP contribution in [-0.4, -0.2) is 6.43 Å². The van der Waals surface area contributed by atoms with Crippen LogP contribution in [0.15, 0.2) is 23.6 Å². The Bertz CT molecular complexity index is 156. The zero-order valence-corrected chi connectivity index (χ0v) is 5.87. The van der Waals surface area contributed by atoms with Gasteiger partial charge in [-0.05, 0) is 19.9 Å². The molecule has 0 saturated heterocycles. The molecule has 0 saturated carbocycles. The number of hydrogen-bond acceptors (Lipinski definition) is 0. The normalized spacial score (nSPS) is 14.6. The Hall–Kier alpha value is -0.730. The fourth-order valence-corrected chi connectivity index (χ4v) is 0.382. The number of allylic oxidation sites excluding steroid dienone is 4. The van der Waals surface area contributed by atoms with Gasteiger partial charge in [0, 0.05) is 5.57 Å². The van der Waals surface area contributed by atoms with Gasteiger partial charge in [0.1, 0.15) is 5.83 Å². The Kier molecular flexibility index (Phi) is 3.84. The Balaban J connectivity index is 4.34. The summed E-state index contributed by atoms with van der Waals surface area (Å²) < 4.78 is 35.7. The van der Waals surface area contributed by atoms with E-state index in [0.29, 0.717) is 0 Å². The molecule has 58 valence electrons. The van der Waals surface area contributed by atoms with E-state index in [2.05, 4.69) is 0 Å². The second kappa shape index (κ2) is 4.14. The van der Waals surface area contributed by atoms with Crippen molar-refractivity contribution in [2.75, 3.05) is 0 Å². The van der Waals surface area contributed by atoms with Gasteiger partial charge in [-0.3, -0.25) is 0 Å². The fourth-order valence-electron chi connectivity index (χ4n) is 0.382. The fraction of sp³-hybridized carbons (Fsp3) is 0.429. The molecule has 0 fully saturated rings. The number of halogens is 3. The van der Waals surface area contributed by atoms with Gasteiger partial charge < -0.3 is 0 Å². The van der Waals surface area contributed by atoms with Crippen LogP contribution in [0, 0.1) is 0 Å². The average Bonchev–Trinajstić information content (AvgIpc) is 1.87. The molecular weight excluding hydrogens is 141 g/mol. The molecule has 0 nitrogen and oxygen atoms in total. The highest BCUT2D eigenvalue weighted by atomic mass is 19.3. The predicted octanol–water partition coefficient (Wildman–Crippen LogP) is 3.07. The van der Waals surface area contributed by atoms with Crippen LogP contribution in [0.4, 0.5) is 13.2 Å². The lowest BCUT2D eigenvalue weighted by Crippen LogP contribution is -1.93. The highest BCUT2D eigenvalue weighted by Crippen LogP contribution is 2.14. The van der Waals surface area contributed by atoms with Gasteiger partial charge in [0.15, 0.2) is 0 Å². The molecule has 0 bridgehead atoms. The first-order valence-corrected chi connectivity index (χ1v) is 2.86. The summed E-state index contributed by atoms with van der Waals surface area (Å²) in [6.07, 6.45) is -0.306. The van der Waals surface area contributed by atoms with E-state index in [1.165, 1.54) is 6.08 Å². The zero-order valence-electron chi connectivity index (χ0n) is 5.87. The van der Waals surface area contributed by atoms with Crippen LogP contribution < -0.4 is 0 Å². The molecule has 0 aliphatic carbocycles. The van der Waals surface area contributed by atoms with Crippen molar-refractivity contribution >= 4 is 0 Å². The van der Waals surface area contributed by atoms with E-state index in [4.69, 9.17) is 0 Å². The summed E-state index contributed by atoms with van der Waals surface area (Å²) in [5.41, 5.74) is -0.516. The van der Waals surface area contributed by atoms with Gasteiger partial charge in [-0.15, -0.1) is 0 Å². The average molecular weight is 150 g/mol. The molecular formula is C7H9F3. The first-order valence-electron chi connectivity index (χ1n) is 2.86. The van der Waals surface area contributed by atoms with Crippen molar-refractivity contribution in [1.29, 1.82) is 0 Å². The van der Waals surface area contributed by atoms with Crippen molar-refractivity contribution in [3.63, 3.8) is 0 Å². The van der Waals surface area contributed by atoms with E-state index < -0.39 is 17.8 Å². The molecule has 0 aromatic rings. The van der Waals surface area contributed by atoms with Crippen LogP contribution in [0.5, 0.6) is 0 Å². The highest BCUT2D eigenvalue weighted by Gasteiger charge is 2.08. The van der Waals surface area contributed by atoms with Crippen molar-refractivity contribution in [2.24, 2.45) is 0 Å². The summed E-state index contributed by atoms with van der Waals surface area (Å²) >= 11 is 0. The first kappa shape index (κ1) is 9.27. The SMILES string of the molecule is C/C=C\C(F)=C(/C)C(F)F. The molecule has 0 aromatic heterocycles. The van der Waals surface area contributed by atoms with Gasteiger partial charge in [0.25, 0.3) is 6.43 Å². The summed E-state index contributed by atoms with van der Waals surface area (Å²) in [6, 6.07) is 0. The number of alkyl halides is 2. The maximum absolute atomic E-state index is 12.4. The van der Waals surface area contributed by atoms with Crippen molar-refractivity contribution in [2.45, 2.75) is 20.3 Å². The zero-order chi connectivity index (χ0) is 8.15. The van der Waals surface area contributed by atoms with Gasteiger partial charge in [-0.1, -0.05) is 6.08 Å². The minimum atomic E-state index is -2.70. The lowest BCUT2D eigenvalue weighted by molar-refractivity contribution is 0.186. The monoisotopic (exact) mass is 150 g/mol. The number of hydrogen-bond donors (Lipinski definition) is 0. The van der Waals surface area contributed by atoms with E-state index in [1.54, 1.807) is 6.92 Å². The molecule has 10 heavy (non-hydrogen) atoms. The molecule has 3 heteroatoms. The first-order chi connectivity index (χ1) is 4.59. The molecule has 0 rings (SSSR count). The molecule has 0 atom stereocenters. The van der Waals surface area contributed by atoms with E-state index in [-0.39, 0.29) is 0 Å². The van der Waals surface area contributed by atoms with Crippen molar-refractivity contribution in [1.82, 2.24) is 0 Å². The van der Waals surface area contributed by atoms with Crippen LogP contribution in [0.2, 0.25) is 0 Å². The largest absolute Gasteiger partial charge is 0.262 e. The van der Waals surface area contributed by atoms with Crippen molar-refractivity contribution < 1.29 is 13.2 Å². The smallest absolute Gasteiger partial charge is 0.207 e. The molecule has 0 aliphatic rings. The minimum absolute atomic E-state index is 0.516. The van der Waals surface area contributed by atoms with Crippen LogP contribution >= 0.6 is 0 Å². The summed E-state index contributed by atoms with van der Waals surface area (Å²) in [5, 5.41) is 0. The Labute approximate surface area is 58.0 Å². The summed E-state index contributed by atoms with van der Waals surface area (Å²) in [4.78, 5) is 0. The second-order valence-electron chi connectivity index (χ2n) is 1.83. The van der Waals surface area contributed by atoms with Crippen LogP contribution in [0.1, 0.15) is 13.8 Å². The van der Waals surface area contributed by atoms with Gasteiger partial charge in [0.2, 0.25) is 0 Å². The third-order valence-electron chi connectivity index (χ3n) is 1.02. The standard InChI is InChI=1S/C7H9F3/c1-3-4-6(8)5(2)7(9)10/h3-4,7H,1-2H3/b4-3-,6-5-. The molecule has 0 amide bonds. The third kappa shape index (κ3) is 2.71. The van der Waals surface area contributed by atoms with Gasteiger partial charge in [0.05, 0.1) is 0 Å². The highest BCUT2D eigenvalue weighted by molar-refractivity contribution is 5.18. The number of rotatable bonds is 2. The molecule has 0 N–H and O–H groups in total. The van der Waals surface area contributed by atoms with E-state index in [9.17, 15) is 13.2 Å². The Morgan fingerprint density at radius 1 is 1.40 bits per heavy atom. The summed E-state index contributed by atoms with van der Waals surface area (Å²) in [7, 11) is 0. The quantitative estimate of drug-likeness (QED) is 0.530. The second-order valence-corrected chi connectivity index (χ2v) is 1.83. The van der Waals surface area contributed by atoms with Crippen LogP contribution in [0.3, 0.4) is 0 Å². The van der Waals surface area contributed by atoms with E-state index in [0.717, 1.165) is 13.0 Å². The topological polar surface area (TPSA) is 0 Å². The lowest BCUT2D eigenvalue weighted by Gasteiger charge is -1.97. The lowest BCUT2D eigenvalue weighted by atomic mass is 10.2. The van der Waals surface area contributed by atoms with Gasteiger partial charge >= 0.3 is 0 Å². The predicted molar refractivity (Wildman–Crippen MR) is 34.6 cm³/mol. The molecule has 0 aliphatic heterocycles. The summed E-state index contributed by atoms with van der Waals surface area (Å²) in [5.74, 6) is -0.850. The van der Waals surface area contributed by atoms with Crippen molar-refractivity contribution in [3.8, 4) is 0 Å². The van der Waals surface area contributed by atoms with Crippen molar-refractivity contribution in [3.05, 3.63) is 23.6 Å². The maximum atomic E-state index is 12.4. The summed E-state index contributed by atoms with van der Waals surface area (Å²) in [6.45, 7) is 2.64. The molecule has 0 heterocycles. The maximum Gasteiger partial charge on any atom is 0.262 e. The third-order valence-corrected chi connectivity index (χ3v) is 1.02. The molecule has 0 unspecified atom stereocenters. The Morgan fingerprint density at radius 3 is 2.20 bits per heavy atom. The van der Waals surface area contributed by atoms with Crippen LogP contribution in [0.25, 0.3) is 0 Å².